The summed E-state index contributed by atoms with van der Waals surface area (Å²) in [6.45, 7) is 4.01. The molecule has 2 atom stereocenters. The van der Waals surface area contributed by atoms with Crippen molar-refractivity contribution in [2.24, 2.45) is 0 Å². The maximum Gasteiger partial charge on any atom is 0.139 e. The summed E-state index contributed by atoms with van der Waals surface area (Å²) in [4.78, 5) is 4.48. The number of thioether (sulfide) groups is 1. The number of nitrogens with zero attached hydrogens (tertiary/aromatic N) is 2. The van der Waals surface area contributed by atoms with Crippen LogP contribution in [0.3, 0.4) is 0 Å². The van der Waals surface area contributed by atoms with Crippen molar-refractivity contribution in [2.75, 3.05) is 12.0 Å². The van der Waals surface area contributed by atoms with E-state index in [2.05, 4.69) is 38.7 Å². The lowest BCUT2D eigenvalue weighted by Gasteiger charge is -2.17. The summed E-state index contributed by atoms with van der Waals surface area (Å²) in [5.74, 6) is 1.44. The van der Waals surface area contributed by atoms with Gasteiger partial charge in [0.1, 0.15) is 11.6 Å². The molecule has 19 heavy (non-hydrogen) atoms. The van der Waals surface area contributed by atoms with E-state index in [1.165, 1.54) is 6.07 Å². The molecule has 2 aromatic rings. The SMILES string of the molecule is CSCC(C)n1c(C(C)Cl)nc2cc(F)c(Br)cc21. The van der Waals surface area contributed by atoms with Crippen LogP contribution in [-0.4, -0.2) is 21.6 Å². The summed E-state index contributed by atoms with van der Waals surface area (Å²) in [5, 5.41) is -0.210. The van der Waals surface area contributed by atoms with Crippen LogP contribution in [0, 0.1) is 5.82 Å². The molecule has 0 saturated carbocycles. The Hall–Kier alpha value is -0.260. The Balaban J connectivity index is 2.69. The molecule has 2 unspecified atom stereocenters. The molecule has 2 nitrogen and oxygen atoms in total. The van der Waals surface area contributed by atoms with Gasteiger partial charge in [0.05, 0.1) is 20.9 Å². The lowest BCUT2D eigenvalue weighted by molar-refractivity contribution is 0.592. The van der Waals surface area contributed by atoms with Gasteiger partial charge in [-0.1, -0.05) is 0 Å². The second kappa shape index (κ2) is 6.02. The molecular weight excluding hydrogens is 351 g/mol. The number of hydrogen-bond donors (Lipinski definition) is 0. The number of halogens is 3. The lowest BCUT2D eigenvalue weighted by atomic mass is 10.3. The van der Waals surface area contributed by atoms with Crippen LogP contribution in [0.5, 0.6) is 0 Å². The van der Waals surface area contributed by atoms with E-state index >= 15 is 0 Å². The minimum atomic E-state index is -0.302. The van der Waals surface area contributed by atoms with Gasteiger partial charge in [0.15, 0.2) is 0 Å². The second-order valence-corrected chi connectivity index (χ2v) is 6.94. The van der Waals surface area contributed by atoms with E-state index in [0.29, 0.717) is 9.99 Å². The molecule has 0 amide bonds. The van der Waals surface area contributed by atoms with Gasteiger partial charge in [0.2, 0.25) is 0 Å². The van der Waals surface area contributed by atoms with Gasteiger partial charge in [0, 0.05) is 17.9 Å². The van der Waals surface area contributed by atoms with E-state index in [0.717, 1.165) is 17.1 Å². The van der Waals surface area contributed by atoms with Crippen LogP contribution in [0.4, 0.5) is 4.39 Å². The van der Waals surface area contributed by atoms with Crippen LogP contribution < -0.4 is 0 Å². The van der Waals surface area contributed by atoms with E-state index in [1.54, 1.807) is 17.8 Å². The summed E-state index contributed by atoms with van der Waals surface area (Å²) in [6, 6.07) is 3.48. The highest BCUT2D eigenvalue weighted by Gasteiger charge is 2.20. The van der Waals surface area contributed by atoms with Crippen LogP contribution in [0.25, 0.3) is 11.0 Å². The van der Waals surface area contributed by atoms with E-state index in [9.17, 15) is 4.39 Å². The zero-order chi connectivity index (χ0) is 14.2. The van der Waals surface area contributed by atoms with Crippen LogP contribution in [0.15, 0.2) is 16.6 Å². The van der Waals surface area contributed by atoms with Gasteiger partial charge in [-0.15, -0.1) is 11.6 Å². The molecule has 0 radical (unpaired) electrons. The first-order valence-electron chi connectivity index (χ1n) is 5.95. The van der Waals surface area contributed by atoms with Crippen molar-refractivity contribution in [1.82, 2.24) is 9.55 Å². The molecule has 1 aromatic heterocycles. The molecular formula is C13H15BrClFN2S. The van der Waals surface area contributed by atoms with Crippen molar-refractivity contribution in [3.05, 3.63) is 28.2 Å². The fourth-order valence-corrected chi connectivity index (χ4v) is 3.29. The molecule has 0 saturated heterocycles. The Bertz CT molecular complexity index is 600. The molecule has 0 aliphatic rings. The molecule has 104 valence electrons. The number of imidazole rings is 1. The third-order valence-corrected chi connectivity index (χ3v) is 4.58. The Kier molecular flexibility index (Phi) is 4.79. The van der Waals surface area contributed by atoms with Gasteiger partial charge >= 0.3 is 0 Å². The van der Waals surface area contributed by atoms with Gasteiger partial charge in [-0.2, -0.15) is 11.8 Å². The fraction of sp³-hybridized carbons (Fsp3) is 0.462. The van der Waals surface area contributed by atoms with Crippen molar-refractivity contribution in [3.8, 4) is 0 Å². The van der Waals surface area contributed by atoms with Gasteiger partial charge < -0.3 is 4.57 Å². The number of alkyl halides is 1. The van der Waals surface area contributed by atoms with Crippen LogP contribution in [-0.2, 0) is 0 Å². The molecule has 1 aromatic carbocycles. The number of aromatic nitrogens is 2. The molecule has 6 heteroatoms. The molecule has 2 rings (SSSR count). The predicted molar refractivity (Wildman–Crippen MR) is 84.8 cm³/mol. The zero-order valence-corrected chi connectivity index (χ0v) is 14.1. The highest BCUT2D eigenvalue weighted by Crippen LogP contribution is 2.31. The lowest BCUT2D eigenvalue weighted by Crippen LogP contribution is -2.12. The van der Waals surface area contributed by atoms with Gasteiger partial charge in [-0.05, 0) is 42.1 Å². The third-order valence-electron chi connectivity index (χ3n) is 2.96. The topological polar surface area (TPSA) is 17.8 Å². The van der Waals surface area contributed by atoms with Crippen molar-refractivity contribution in [1.29, 1.82) is 0 Å². The number of fused-ring (bicyclic) bond motifs is 1. The van der Waals surface area contributed by atoms with Crippen molar-refractivity contribution in [2.45, 2.75) is 25.3 Å². The van der Waals surface area contributed by atoms with E-state index in [4.69, 9.17) is 11.6 Å². The Morgan fingerprint density at radius 3 is 2.74 bits per heavy atom. The molecule has 0 fully saturated rings. The zero-order valence-electron chi connectivity index (χ0n) is 11.0. The number of rotatable bonds is 4. The average Bonchev–Trinajstić information content (AvgIpc) is 2.69. The second-order valence-electron chi connectivity index (χ2n) is 4.52. The average molecular weight is 366 g/mol. The van der Waals surface area contributed by atoms with Crippen molar-refractivity contribution < 1.29 is 4.39 Å². The molecule has 1 heterocycles. The maximum atomic E-state index is 13.6. The first-order chi connectivity index (χ1) is 8.95. The molecule has 0 spiro atoms. The van der Waals surface area contributed by atoms with Crippen molar-refractivity contribution >= 4 is 50.3 Å². The molecule has 0 N–H and O–H groups in total. The fourth-order valence-electron chi connectivity index (χ4n) is 2.17. The Labute approximate surface area is 129 Å². The monoisotopic (exact) mass is 364 g/mol. The highest BCUT2D eigenvalue weighted by atomic mass is 79.9. The van der Waals surface area contributed by atoms with Gasteiger partial charge in [-0.3, -0.25) is 0 Å². The largest absolute Gasteiger partial charge is 0.323 e. The van der Waals surface area contributed by atoms with E-state index in [1.807, 2.05) is 6.92 Å². The quantitative estimate of drug-likeness (QED) is 0.696. The number of hydrogen-bond acceptors (Lipinski definition) is 2. The maximum absolute atomic E-state index is 13.6. The summed E-state index contributed by atoms with van der Waals surface area (Å²) in [7, 11) is 0. The van der Waals surface area contributed by atoms with Gasteiger partial charge in [0.25, 0.3) is 0 Å². The standard InChI is InChI=1S/C13H15BrClFN2S/c1-7(6-19-3)18-12-4-9(14)10(16)5-11(12)17-13(18)8(2)15/h4-5,7-8H,6H2,1-3H3. The predicted octanol–water partition coefficient (Wildman–Crippen LogP) is 5.16. The van der Waals surface area contributed by atoms with Crippen molar-refractivity contribution in [3.63, 3.8) is 0 Å². The Morgan fingerprint density at radius 1 is 1.47 bits per heavy atom. The minimum Gasteiger partial charge on any atom is -0.323 e. The number of benzene rings is 1. The van der Waals surface area contributed by atoms with Crippen LogP contribution >= 0.6 is 39.3 Å². The Morgan fingerprint density at radius 2 is 2.16 bits per heavy atom. The summed E-state index contributed by atoms with van der Waals surface area (Å²) < 4.78 is 16.2. The minimum absolute atomic E-state index is 0.210. The molecule has 0 bridgehead atoms. The first kappa shape index (κ1) is 15.1. The normalized spacial score (nSPS) is 14.8. The summed E-state index contributed by atoms with van der Waals surface area (Å²) in [5.41, 5.74) is 1.56. The smallest absolute Gasteiger partial charge is 0.139 e. The van der Waals surface area contributed by atoms with Crippen LogP contribution in [0.2, 0.25) is 0 Å². The van der Waals surface area contributed by atoms with E-state index in [-0.39, 0.29) is 17.2 Å². The first-order valence-corrected chi connectivity index (χ1v) is 8.58. The third kappa shape index (κ3) is 2.93. The van der Waals surface area contributed by atoms with Crippen LogP contribution in [0.1, 0.15) is 31.1 Å². The summed E-state index contributed by atoms with van der Waals surface area (Å²) >= 11 is 11.2. The highest BCUT2D eigenvalue weighted by molar-refractivity contribution is 9.10. The molecule has 0 aliphatic carbocycles. The summed E-state index contributed by atoms with van der Waals surface area (Å²) in [6.07, 6.45) is 2.06. The molecule has 0 aliphatic heterocycles. The van der Waals surface area contributed by atoms with Gasteiger partial charge in [-0.25, -0.2) is 9.37 Å². The van der Waals surface area contributed by atoms with E-state index < -0.39 is 0 Å².